The molecule has 0 atom stereocenters. The minimum absolute atomic E-state index is 0.406. The summed E-state index contributed by atoms with van der Waals surface area (Å²) in [6.45, 7) is 0. The molecule has 15 heavy (non-hydrogen) atoms. The van der Waals surface area contributed by atoms with Crippen LogP contribution in [0.3, 0.4) is 0 Å². The Labute approximate surface area is 88.4 Å². The topological polar surface area (TPSA) is 43.1 Å². The fourth-order valence-corrected chi connectivity index (χ4v) is 1.42. The molecular weight excluding hydrogens is 186 g/mol. The zero-order chi connectivity index (χ0) is 10.7. The molecule has 0 fully saturated rings. The zero-order valence-corrected chi connectivity index (χ0v) is 8.10. The highest BCUT2D eigenvalue weighted by Crippen LogP contribution is 2.19. The van der Waals surface area contributed by atoms with Gasteiger partial charge in [0.2, 0.25) is 5.91 Å². The van der Waals surface area contributed by atoms with Gasteiger partial charge in [0.05, 0.1) is 0 Å². The molecule has 0 unspecified atom stereocenters. The Kier molecular flexibility index (Phi) is 2.50. The second kappa shape index (κ2) is 3.96. The maximum atomic E-state index is 11.0. The third-order valence-corrected chi connectivity index (χ3v) is 2.19. The fraction of sp³-hybridized carbons (Fsp3) is 0. The summed E-state index contributed by atoms with van der Waals surface area (Å²) in [5.74, 6) is -0.406. The van der Waals surface area contributed by atoms with E-state index >= 15 is 0 Å². The molecule has 2 nitrogen and oxygen atoms in total. The van der Waals surface area contributed by atoms with Crippen molar-refractivity contribution in [2.24, 2.45) is 5.73 Å². The molecular formula is C13H10NO. The zero-order valence-electron chi connectivity index (χ0n) is 8.10. The van der Waals surface area contributed by atoms with Crippen LogP contribution in [-0.2, 0) is 0 Å². The van der Waals surface area contributed by atoms with Crippen molar-refractivity contribution < 1.29 is 4.79 Å². The van der Waals surface area contributed by atoms with Gasteiger partial charge >= 0.3 is 0 Å². The lowest BCUT2D eigenvalue weighted by atomic mass is 10.0. The van der Waals surface area contributed by atoms with Crippen LogP contribution in [0, 0.1) is 6.07 Å². The Morgan fingerprint density at radius 2 is 1.93 bits per heavy atom. The van der Waals surface area contributed by atoms with Gasteiger partial charge in [-0.3, -0.25) is 4.79 Å². The second-order valence-electron chi connectivity index (χ2n) is 3.24. The molecule has 2 rings (SSSR count). The van der Waals surface area contributed by atoms with Gasteiger partial charge in [0.15, 0.2) is 0 Å². The van der Waals surface area contributed by atoms with Crippen LogP contribution in [-0.4, -0.2) is 5.91 Å². The van der Waals surface area contributed by atoms with Crippen molar-refractivity contribution in [1.82, 2.24) is 0 Å². The van der Waals surface area contributed by atoms with E-state index in [4.69, 9.17) is 5.73 Å². The number of nitrogens with two attached hydrogens (primary N) is 1. The summed E-state index contributed by atoms with van der Waals surface area (Å²) < 4.78 is 0. The number of rotatable bonds is 2. The van der Waals surface area contributed by atoms with Gasteiger partial charge in [-0.25, -0.2) is 0 Å². The summed E-state index contributed by atoms with van der Waals surface area (Å²) in [6.07, 6.45) is 0. The van der Waals surface area contributed by atoms with Crippen LogP contribution in [0.2, 0.25) is 0 Å². The first-order valence-electron chi connectivity index (χ1n) is 4.64. The highest BCUT2D eigenvalue weighted by atomic mass is 16.1. The van der Waals surface area contributed by atoms with Crippen LogP contribution in [0.15, 0.2) is 48.5 Å². The molecule has 0 saturated carbocycles. The molecule has 2 aromatic rings. The van der Waals surface area contributed by atoms with E-state index in [9.17, 15) is 4.79 Å². The molecule has 0 aromatic heterocycles. The monoisotopic (exact) mass is 196 g/mol. The first kappa shape index (κ1) is 9.46. The summed E-state index contributed by atoms with van der Waals surface area (Å²) in [7, 11) is 0. The van der Waals surface area contributed by atoms with Crippen molar-refractivity contribution in [3.05, 3.63) is 60.2 Å². The normalized spacial score (nSPS) is 9.87. The number of carbonyl (C=O) groups is 1. The molecule has 0 bridgehead atoms. The Balaban J connectivity index is 2.46. The van der Waals surface area contributed by atoms with E-state index in [0.29, 0.717) is 5.56 Å². The van der Waals surface area contributed by atoms with Crippen molar-refractivity contribution in [3.63, 3.8) is 0 Å². The number of carbonyl (C=O) groups excluding carboxylic acids is 1. The van der Waals surface area contributed by atoms with Crippen molar-refractivity contribution in [3.8, 4) is 11.1 Å². The number of benzene rings is 2. The highest BCUT2D eigenvalue weighted by molar-refractivity contribution is 5.94. The van der Waals surface area contributed by atoms with E-state index in [2.05, 4.69) is 6.07 Å². The number of hydrogen-bond donors (Lipinski definition) is 1. The average molecular weight is 196 g/mol. The Morgan fingerprint density at radius 1 is 1.13 bits per heavy atom. The van der Waals surface area contributed by atoms with Gasteiger partial charge in [-0.1, -0.05) is 30.3 Å². The lowest BCUT2D eigenvalue weighted by Gasteiger charge is -2.02. The molecule has 0 aliphatic rings. The molecule has 0 aliphatic heterocycles. The molecule has 0 heterocycles. The first-order chi connectivity index (χ1) is 7.27. The highest BCUT2D eigenvalue weighted by Gasteiger charge is 2.02. The molecule has 0 spiro atoms. The van der Waals surface area contributed by atoms with E-state index in [1.54, 1.807) is 12.1 Å². The molecule has 0 aliphatic carbocycles. The maximum Gasteiger partial charge on any atom is 0.248 e. The fourth-order valence-electron chi connectivity index (χ4n) is 1.42. The van der Waals surface area contributed by atoms with E-state index in [-0.39, 0.29) is 0 Å². The Morgan fingerprint density at radius 3 is 2.60 bits per heavy atom. The first-order valence-corrected chi connectivity index (χ1v) is 4.64. The quantitative estimate of drug-likeness (QED) is 0.786. The summed E-state index contributed by atoms with van der Waals surface area (Å²) in [4.78, 5) is 11.0. The second-order valence-corrected chi connectivity index (χ2v) is 3.24. The summed E-state index contributed by atoms with van der Waals surface area (Å²) >= 11 is 0. The largest absolute Gasteiger partial charge is 0.366 e. The van der Waals surface area contributed by atoms with Crippen molar-refractivity contribution in [1.29, 1.82) is 0 Å². The third kappa shape index (κ3) is 2.05. The molecule has 1 amide bonds. The number of hydrogen-bond acceptors (Lipinski definition) is 1. The molecule has 0 saturated heterocycles. The van der Waals surface area contributed by atoms with Crippen molar-refractivity contribution >= 4 is 5.91 Å². The van der Waals surface area contributed by atoms with Crippen molar-refractivity contribution in [2.45, 2.75) is 0 Å². The van der Waals surface area contributed by atoms with E-state index in [1.165, 1.54) is 0 Å². The molecule has 2 heteroatoms. The van der Waals surface area contributed by atoms with E-state index in [0.717, 1.165) is 11.1 Å². The molecule has 2 aromatic carbocycles. The summed E-state index contributed by atoms with van der Waals surface area (Å²) in [5.41, 5.74) is 7.74. The van der Waals surface area contributed by atoms with Crippen LogP contribution in [0.25, 0.3) is 11.1 Å². The van der Waals surface area contributed by atoms with Gasteiger partial charge in [-0.05, 0) is 35.4 Å². The van der Waals surface area contributed by atoms with E-state index < -0.39 is 5.91 Å². The molecule has 1 radical (unpaired) electrons. The lowest BCUT2D eigenvalue weighted by Crippen LogP contribution is -2.10. The predicted molar refractivity (Wildman–Crippen MR) is 59.2 cm³/mol. The Hall–Kier alpha value is -2.09. The maximum absolute atomic E-state index is 11.0. The smallest absolute Gasteiger partial charge is 0.248 e. The van der Waals surface area contributed by atoms with Crippen molar-refractivity contribution in [2.75, 3.05) is 0 Å². The SMILES string of the molecule is NC(=O)c1cccc(-c2c[c]ccc2)c1. The van der Waals surface area contributed by atoms with Gasteiger partial charge < -0.3 is 5.73 Å². The van der Waals surface area contributed by atoms with Crippen LogP contribution in [0.1, 0.15) is 10.4 Å². The van der Waals surface area contributed by atoms with Crippen LogP contribution in [0.4, 0.5) is 0 Å². The van der Waals surface area contributed by atoms with Crippen LogP contribution >= 0.6 is 0 Å². The Bertz CT molecular complexity index is 477. The van der Waals surface area contributed by atoms with Crippen LogP contribution in [0.5, 0.6) is 0 Å². The summed E-state index contributed by atoms with van der Waals surface area (Å²) in [6, 6.07) is 17.8. The van der Waals surface area contributed by atoms with Gasteiger partial charge in [-0.15, -0.1) is 0 Å². The number of primary amides is 1. The van der Waals surface area contributed by atoms with Gasteiger partial charge in [0, 0.05) is 5.56 Å². The minimum atomic E-state index is -0.406. The number of amides is 1. The predicted octanol–water partition coefficient (Wildman–Crippen LogP) is 2.25. The minimum Gasteiger partial charge on any atom is -0.366 e. The van der Waals surface area contributed by atoms with Gasteiger partial charge in [0.25, 0.3) is 0 Å². The molecule has 2 N–H and O–H groups in total. The standard InChI is InChI=1S/C13H10NO/c14-13(15)12-8-4-7-11(9-12)10-5-2-1-3-6-10/h1-2,4-9H,(H2,14,15). The lowest BCUT2D eigenvalue weighted by molar-refractivity contribution is 0.100. The molecule has 73 valence electrons. The third-order valence-electron chi connectivity index (χ3n) is 2.19. The van der Waals surface area contributed by atoms with Gasteiger partial charge in [0.1, 0.15) is 0 Å². The summed E-state index contributed by atoms with van der Waals surface area (Å²) in [5, 5.41) is 0. The van der Waals surface area contributed by atoms with Crippen LogP contribution < -0.4 is 5.73 Å². The average Bonchev–Trinajstić information content (AvgIpc) is 2.30. The van der Waals surface area contributed by atoms with Gasteiger partial charge in [-0.2, -0.15) is 0 Å². The van der Waals surface area contributed by atoms with E-state index in [1.807, 2.05) is 36.4 Å².